The molecular weight excluding hydrogens is 484 g/mol. The standard InChI is InChI=1S/C30H34N2O4S/c1-5-30(6-2)28(32(30)37(34,35)25-20-18-22(4)19-21-25)27(29(33)36-7-3)31-26(23-14-10-8-11-15-23)24-16-12-9-13-17-24/h8-21,27-28H,5-7H2,1-4H3/t27-,28+,32?/m1/s1. The van der Waals surface area contributed by atoms with E-state index in [9.17, 15) is 13.2 Å². The van der Waals surface area contributed by atoms with Gasteiger partial charge in [0.05, 0.1) is 28.8 Å². The van der Waals surface area contributed by atoms with Crippen LogP contribution in [0.1, 0.15) is 50.3 Å². The summed E-state index contributed by atoms with van der Waals surface area (Å²) in [6.07, 6.45) is 1.10. The Kier molecular flexibility index (Phi) is 7.95. The summed E-state index contributed by atoms with van der Waals surface area (Å²) in [5, 5.41) is 0. The van der Waals surface area contributed by atoms with Crippen molar-refractivity contribution in [3.63, 3.8) is 0 Å². The van der Waals surface area contributed by atoms with Crippen LogP contribution in [0.25, 0.3) is 0 Å². The zero-order chi connectivity index (χ0) is 26.6. The molecule has 6 nitrogen and oxygen atoms in total. The Bertz CT molecular complexity index is 1310. The molecule has 0 saturated carbocycles. The zero-order valence-electron chi connectivity index (χ0n) is 21.8. The number of benzene rings is 3. The molecule has 0 aliphatic carbocycles. The van der Waals surface area contributed by atoms with E-state index < -0.39 is 33.6 Å². The number of hydrogen-bond donors (Lipinski definition) is 0. The van der Waals surface area contributed by atoms with E-state index in [1.165, 1.54) is 4.31 Å². The van der Waals surface area contributed by atoms with Gasteiger partial charge in [-0.05, 0) is 38.8 Å². The SMILES string of the molecule is CCOC(=O)[C@H](N=C(c1ccccc1)c1ccccc1)[C@@H]1N(S(=O)(=O)c2ccc(C)cc2)C1(CC)CC. The van der Waals surface area contributed by atoms with Crippen LogP contribution < -0.4 is 0 Å². The molecule has 0 amide bonds. The lowest BCUT2D eigenvalue weighted by atomic mass is 9.94. The molecule has 0 radical (unpaired) electrons. The van der Waals surface area contributed by atoms with E-state index in [-0.39, 0.29) is 11.5 Å². The second-order valence-corrected chi connectivity index (χ2v) is 11.1. The molecule has 7 heteroatoms. The third-order valence-corrected chi connectivity index (χ3v) is 9.14. The molecule has 1 aliphatic heterocycles. The fourth-order valence-corrected chi connectivity index (χ4v) is 7.23. The number of nitrogens with zero attached hydrogens (tertiary/aromatic N) is 2. The minimum atomic E-state index is -3.87. The molecule has 1 saturated heterocycles. The normalized spacial score (nSPS) is 19.0. The number of ether oxygens (including phenoxy) is 1. The quantitative estimate of drug-likeness (QED) is 0.205. The van der Waals surface area contributed by atoms with Crippen LogP contribution in [0.3, 0.4) is 0 Å². The van der Waals surface area contributed by atoms with Crippen molar-refractivity contribution in [1.29, 1.82) is 0 Å². The summed E-state index contributed by atoms with van der Waals surface area (Å²) >= 11 is 0. The van der Waals surface area contributed by atoms with Crippen LogP contribution in [0.4, 0.5) is 0 Å². The van der Waals surface area contributed by atoms with Gasteiger partial charge in [0, 0.05) is 11.1 Å². The van der Waals surface area contributed by atoms with Gasteiger partial charge in [0.2, 0.25) is 10.0 Å². The lowest BCUT2D eigenvalue weighted by Crippen LogP contribution is -2.33. The lowest BCUT2D eigenvalue weighted by molar-refractivity contribution is -0.144. The van der Waals surface area contributed by atoms with Gasteiger partial charge in [0.25, 0.3) is 0 Å². The van der Waals surface area contributed by atoms with Crippen LogP contribution in [0, 0.1) is 6.92 Å². The highest BCUT2D eigenvalue weighted by Gasteiger charge is 2.70. The van der Waals surface area contributed by atoms with Crippen LogP contribution in [-0.2, 0) is 19.6 Å². The predicted octanol–water partition coefficient (Wildman–Crippen LogP) is 5.40. The Balaban J connectivity index is 1.87. The van der Waals surface area contributed by atoms with Crippen molar-refractivity contribution < 1.29 is 17.9 Å². The average Bonchev–Trinajstić information content (AvgIpc) is 3.60. The van der Waals surface area contributed by atoms with Crippen molar-refractivity contribution in [2.45, 2.75) is 63.1 Å². The van der Waals surface area contributed by atoms with E-state index >= 15 is 0 Å². The molecule has 0 aromatic heterocycles. The number of hydrogen-bond acceptors (Lipinski definition) is 5. The Hall–Kier alpha value is -3.29. The summed E-state index contributed by atoms with van der Waals surface area (Å²) in [6, 6.07) is 24.4. The molecule has 0 bridgehead atoms. The first-order valence-electron chi connectivity index (χ1n) is 12.8. The maximum atomic E-state index is 13.9. The summed E-state index contributed by atoms with van der Waals surface area (Å²) in [5.74, 6) is -0.523. The summed E-state index contributed by atoms with van der Waals surface area (Å²) in [6.45, 7) is 7.76. The van der Waals surface area contributed by atoms with Crippen LogP contribution >= 0.6 is 0 Å². The van der Waals surface area contributed by atoms with E-state index in [0.29, 0.717) is 18.6 Å². The van der Waals surface area contributed by atoms with E-state index in [1.807, 2.05) is 81.4 Å². The average molecular weight is 519 g/mol. The first-order valence-corrected chi connectivity index (χ1v) is 14.2. The lowest BCUT2D eigenvalue weighted by Gasteiger charge is -2.16. The van der Waals surface area contributed by atoms with E-state index in [4.69, 9.17) is 9.73 Å². The zero-order valence-corrected chi connectivity index (χ0v) is 22.6. The second-order valence-electron chi connectivity index (χ2n) is 9.28. The van der Waals surface area contributed by atoms with Gasteiger partial charge in [-0.25, -0.2) is 13.2 Å². The summed E-state index contributed by atoms with van der Waals surface area (Å²) in [5.41, 5.74) is 2.55. The van der Waals surface area contributed by atoms with Crippen molar-refractivity contribution in [3.05, 3.63) is 102 Å². The number of aliphatic imine (C=N–C) groups is 1. The fourth-order valence-electron chi connectivity index (χ4n) is 5.11. The maximum absolute atomic E-state index is 13.9. The molecule has 1 unspecified atom stereocenters. The highest BCUT2D eigenvalue weighted by atomic mass is 32.2. The molecule has 1 heterocycles. The molecular formula is C30H34N2O4S. The Morgan fingerprint density at radius 2 is 1.41 bits per heavy atom. The number of aryl methyl sites for hydroxylation is 1. The first kappa shape index (κ1) is 26.8. The highest BCUT2D eigenvalue weighted by molar-refractivity contribution is 7.89. The third kappa shape index (κ3) is 5.11. The molecule has 3 atom stereocenters. The Morgan fingerprint density at radius 3 is 1.86 bits per heavy atom. The van der Waals surface area contributed by atoms with Gasteiger partial charge in [0.15, 0.2) is 6.04 Å². The van der Waals surface area contributed by atoms with E-state index in [1.54, 1.807) is 31.2 Å². The predicted molar refractivity (Wildman–Crippen MR) is 146 cm³/mol. The number of carbonyl (C=O) groups is 1. The molecule has 1 aliphatic rings. The van der Waals surface area contributed by atoms with Gasteiger partial charge in [-0.3, -0.25) is 4.99 Å². The van der Waals surface area contributed by atoms with Crippen molar-refractivity contribution in [3.8, 4) is 0 Å². The number of esters is 1. The Morgan fingerprint density at radius 1 is 0.892 bits per heavy atom. The fraction of sp³-hybridized carbons (Fsp3) is 0.333. The molecule has 3 aromatic carbocycles. The van der Waals surface area contributed by atoms with Crippen LogP contribution in [0.2, 0.25) is 0 Å². The van der Waals surface area contributed by atoms with Crippen LogP contribution in [-0.4, -0.2) is 48.6 Å². The molecule has 0 N–H and O–H groups in total. The molecule has 194 valence electrons. The summed E-state index contributed by atoms with van der Waals surface area (Å²) < 4.78 is 34.7. The maximum Gasteiger partial charge on any atom is 0.332 e. The highest BCUT2D eigenvalue weighted by Crippen LogP contribution is 2.53. The largest absolute Gasteiger partial charge is 0.464 e. The van der Waals surface area contributed by atoms with E-state index in [2.05, 4.69) is 0 Å². The summed E-state index contributed by atoms with van der Waals surface area (Å²) in [4.78, 5) is 18.7. The van der Waals surface area contributed by atoms with Crippen LogP contribution in [0.5, 0.6) is 0 Å². The molecule has 1 fully saturated rings. The van der Waals surface area contributed by atoms with Crippen molar-refractivity contribution in [2.75, 3.05) is 6.61 Å². The van der Waals surface area contributed by atoms with Crippen molar-refractivity contribution >= 4 is 21.7 Å². The molecule has 37 heavy (non-hydrogen) atoms. The minimum Gasteiger partial charge on any atom is -0.464 e. The summed E-state index contributed by atoms with van der Waals surface area (Å²) in [7, 11) is -3.87. The smallest absolute Gasteiger partial charge is 0.332 e. The van der Waals surface area contributed by atoms with Gasteiger partial charge in [-0.2, -0.15) is 4.31 Å². The molecule has 3 aromatic rings. The van der Waals surface area contributed by atoms with Crippen molar-refractivity contribution in [2.24, 2.45) is 4.99 Å². The van der Waals surface area contributed by atoms with Gasteiger partial charge in [-0.1, -0.05) is 92.2 Å². The third-order valence-electron chi connectivity index (χ3n) is 7.17. The van der Waals surface area contributed by atoms with Crippen LogP contribution in [0.15, 0.2) is 94.8 Å². The number of rotatable bonds is 10. The van der Waals surface area contributed by atoms with Gasteiger partial charge in [-0.15, -0.1) is 0 Å². The second kappa shape index (κ2) is 11.0. The first-order chi connectivity index (χ1) is 17.8. The number of sulfonamides is 1. The molecule has 4 rings (SSSR count). The van der Waals surface area contributed by atoms with Crippen molar-refractivity contribution in [1.82, 2.24) is 4.31 Å². The Labute approximate surface area is 220 Å². The van der Waals surface area contributed by atoms with Gasteiger partial charge in [0.1, 0.15) is 0 Å². The van der Waals surface area contributed by atoms with E-state index in [0.717, 1.165) is 16.7 Å². The monoisotopic (exact) mass is 518 g/mol. The number of carbonyl (C=O) groups excluding carboxylic acids is 1. The topological polar surface area (TPSA) is 75.8 Å². The minimum absolute atomic E-state index is 0.180. The molecule has 0 spiro atoms. The van der Waals surface area contributed by atoms with Gasteiger partial charge < -0.3 is 4.74 Å². The van der Waals surface area contributed by atoms with Gasteiger partial charge >= 0.3 is 5.97 Å².